The average Bonchev–Trinajstić information content (AvgIpc) is 2.66. The number of hydrogen-bond donors (Lipinski definition) is 4. The number of ether oxygens (including phenoxy) is 1. The number of aryl methyl sites for hydroxylation is 2. The summed E-state index contributed by atoms with van der Waals surface area (Å²) in [5, 5.41) is 5.70. The van der Waals surface area contributed by atoms with E-state index >= 15 is 0 Å². The Morgan fingerprint density at radius 1 is 1.07 bits per heavy atom. The summed E-state index contributed by atoms with van der Waals surface area (Å²) >= 11 is 0. The van der Waals surface area contributed by atoms with Crippen molar-refractivity contribution in [1.29, 1.82) is 0 Å². The highest BCUT2D eigenvalue weighted by molar-refractivity contribution is 6.00. The van der Waals surface area contributed by atoms with Gasteiger partial charge in [0.2, 0.25) is 5.91 Å². The van der Waals surface area contributed by atoms with Gasteiger partial charge in [0.15, 0.2) is 6.10 Å². The third kappa shape index (κ3) is 4.79. The van der Waals surface area contributed by atoms with E-state index in [1.165, 1.54) is 0 Å². The molecule has 1 aliphatic rings. The summed E-state index contributed by atoms with van der Waals surface area (Å²) in [5.74, 6) is -0.842. The van der Waals surface area contributed by atoms with Gasteiger partial charge in [0.1, 0.15) is 5.75 Å². The van der Waals surface area contributed by atoms with E-state index in [-0.39, 0.29) is 13.0 Å². The van der Waals surface area contributed by atoms with Crippen molar-refractivity contribution in [2.24, 2.45) is 0 Å². The van der Waals surface area contributed by atoms with E-state index in [1.807, 2.05) is 32.0 Å². The standard InChI is InChI=1S/C20H22N4O4/c1-12-7-8-14(13(2)9-12)21-11-19(26)24-23-18(25)10-17-20(27)22-15-5-3-4-6-16(15)28-17/h3-9,17,21H,10-11H2,1-2H3,(H,22,27)(H,23,25)(H,24,26)/t17-/m0/s1. The van der Waals surface area contributed by atoms with Crippen molar-refractivity contribution in [1.82, 2.24) is 10.9 Å². The molecule has 0 spiro atoms. The molecule has 8 heteroatoms. The highest BCUT2D eigenvalue weighted by Gasteiger charge is 2.29. The Morgan fingerprint density at radius 2 is 1.82 bits per heavy atom. The van der Waals surface area contributed by atoms with Crippen molar-refractivity contribution in [3.8, 4) is 5.75 Å². The monoisotopic (exact) mass is 382 g/mol. The normalized spacial score (nSPS) is 14.9. The zero-order valence-electron chi connectivity index (χ0n) is 15.7. The molecule has 0 bridgehead atoms. The van der Waals surface area contributed by atoms with Gasteiger partial charge >= 0.3 is 0 Å². The summed E-state index contributed by atoms with van der Waals surface area (Å²) in [7, 11) is 0. The molecule has 3 rings (SSSR count). The number of rotatable bonds is 5. The molecule has 1 heterocycles. The first kappa shape index (κ1) is 19.2. The second kappa shape index (κ2) is 8.43. The quantitative estimate of drug-likeness (QED) is 0.588. The molecule has 0 fully saturated rings. The lowest BCUT2D eigenvalue weighted by atomic mass is 10.1. The van der Waals surface area contributed by atoms with Crippen LogP contribution in [0.3, 0.4) is 0 Å². The van der Waals surface area contributed by atoms with Gasteiger partial charge in [-0.05, 0) is 37.6 Å². The fourth-order valence-electron chi connectivity index (χ4n) is 2.82. The molecule has 0 aromatic heterocycles. The van der Waals surface area contributed by atoms with Crippen molar-refractivity contribution in [3.05, 3.63) is 53.6 Å². The first-order valence-electron chi connectivity index (χ1n) is 8.88. The van der Waals surface area contributed by atoms with Gasteiger partial charge in [0.25, 0.3) is 11.8 Å². The van der Waals surface area contributed by atoms with Gasteiger partial charge in [-0.2, -0.15) is 0 Å². The number of carbonyl (C=O) groups excluding carboxylic acids is 3. The largest absolute Gasteiger partial charge is 0.478 e. The van der Waals surface area contributed by atoms with E-state index in [0.29, 0.717) is 11.4 Å². The Morgan fingerprint density at radius 3 is 2.61 bits per heavy atom. The third-order valence-corrected chi connectivity index (χ3v) is 4.24. The van der Waals surface area contributed by atoms with Gasteiger partial charge in [-0.1, -0.05) is 29.8 Å². The summed E-state index contributed by atoms with van der Waals surface area (Å²) < 4.78 is 5.55. The lowest BCUT2D eigenvalue weighted by Gasteiger charge is -2.25. The van der Waals surface area contributed by atoms with E-state index < -0.39 is 23.8 Å². The molecule has 28 heavy (non-hydrogen) atoms. The van der Waals surface area contributed by atoms with Crippen LogP contribution in [0.5, 0.6) is 5.75 Å². The van der Waals surface area contributed by atoms with E-state index in [1.54, 1.807) is 24.3 Å². The van der Waals surface area contributed by atoms with Crippen LogP contribution in [0.1, 0.15) is 17.5 Å². The van der Waals surface area contributed by atoms with Gasteiger partial charge < -0.3 is 15.4 Å². The Balaban J connectivity index is 1.44. The second-order valence-electron chi connectivity index (χ2n) is 6.56. The van der Waals surface area contributed by atoms with Crippen LogP contribution in [0, 0.1) is 13.8 Å². The van der Waals surface area contributed by atoms with Crippen molar-refractivity contribution in [2.45, 2.75) is 26.4 Å². The van der Waals surface area contributed by atoms with Crippen molar-refractivity contribution in [3.63, 3.8) is 0 Å². The Labute approximate surface area is 162 Å². The average molecular weight is 382 g/mol. The molecule has 0 unspecified atom stereocenters. The first-order chi connectivity index (χ1) is 13.4. The summed E-state index contributed by atoms with van der Waals surface area (Å²) in [5.41, 5.74) is 8.19. The molecule has 4 N–H and O–H groups in total. The molecule has 2 aromatic carbocycles. The minimum Gasteiger partial charge on any atom is -0.478 e. The SMILES string of the molecule is Cc1ccc(NCC(=O)NNC(=O)C[C@@H]2Oc3ccccc3NC2=O)c(C)c1. The maximum Gasteiger partial charge on any atom is 0.266 e. The molecular formula is C20H22N4O4. The van der Waals surface area contributed by atoms with Crippen molar-refractivity contribution < 1.29 is 19.1 Å². The predicted octanol–water partition coefficient (Wildman–Crippen LogP) is 1.65. The van der Waals surface area contributed by atoms with E-state index in [2.05, 4.69) is 21.5 Å². The number of para-hydroxylation sites is 2. The highest BCUT2D eigenvalue weighted by atomic mass is 16.5. The minimum absolute atomic E-state index is 0.00201. The van der Waals surface area contributed by atoms with Crippen molar-refractivity contribution in [2.75, 3.05) is 17.2 Å². The summed E-state index contributed by atoms with van der Waals surface area (Å²) in [6, 6.07) is 12.8. The molecule has 8 nitrogen and oxygen atoms in total. The fraction of sp³-hybridized carbons (Fsp3) is 0.250. The number of hydrazine groups is 1. The number of benzene rings is 2. The number of anilines is 2. The third-order valence-electron chi connectivity index (χ3n) is 4.24. The van der Waals surface area contributed by atoms with Gasteiger partial charge in [-0.25, -0.2) is 0 Å². The highest BCUT2D eigenvalue weighted by Crippen LogP contribution is 2.29. The van der Waals surface area contributed by atoms with Crippen LogP contribution in [0.2, 0.25) is 0 Å². The lowest BCUT2D eigenvalue weighted by Crippen LogP contribution is -2.47. The molecule has 1 atom stereocenters. The van der Waals surface area contributed by atoms with E-state index in [9.17, 15) is 14.4 Å². The zero-order valence-corrected chi connectivity index (χ0v) is 15.7. The van der Waals surface area contributed by atoms with Gasteiger partial charge in [-0.3, -0.25) is 25.2 Å². The molecule has 0 saturated carbocycles. The molecule has 0 radical (unpaired) electrons. The number of hydrogen-bond acceptors (Lipinski definition) is 5. The summed E-state index contributed by atoms with van der Waals surface area (Å²) in [6.45, 7) is 3.94. The van der Waals surface area contributed by atoms with Gasteiger partial charge in [-0.15, -0.1) is 0 Å². The molecule has 1 aliphatic heterocycles. The van der Waals surface area contributed by atoms with Crippen LogP contribution in [0.15, 0.2) is 42.5 Å². The Kier molecular flexibility index (Phi) is 5.78. The molecule has 2 aromatic rings. The van der Waals surface area contributed by atoms with Gasteiger partial charge in [0, 0.05) is 5.69 Å². The molecular weight excluding hydrogens is 360 g/mol. The number of nitrogens with one attached hydrogen (secondary N) is 4. The van der Waals surface area contributed by atoms with Crippen LogP contribution in [-0.4, -0.2) is 30.4 Å². The Bertz CT molecular complexity index is 913. The molecule has 0 aliphatic carbocycles. The lowest BCUT2D eigenvalue weighted by molar-refractivity contribution is -0.132. The maximum atomic E-state index is 12.0. The first-order valence-corrected chi connectivity index (χ1v) is 8.88. The maximum absolute atomic E-state index is 12.0. The van der Waals surface area contributed by atoms with Gasteiger partial charge in [0.05, 0.1) is 18.7 Å². The molecule has 0 saturated heterocycles. The zero-order chi connectivity index (χ0) is 20.1. The van der Waals surface area contributed by atoms with E-state index in [4.69, 9.17) is 4.74 Å². The van der Waals surface area contributed by atoms with Crippen LogP contribution in [0.25, 0.3) is 0 Å². The Hall–Kier alpha value is -3.55. The summed E-state index contributed by atoms with van der Waals surface area (Å²) in [4.78, 5) is 36.0. The smallest absolute Gasteiger partial charge is 0.266 e. The predicted molar refractivity (Wildman–Crippen MR) is 105 cm³/mol. The van der Waals surface area contributed by atoms with Crippen LogP contribution >= 0.6 is 0 Å². The number of fused-ring (bicyclic) bond motifs is 1. The van der Waals surface area contributed by atoms with Crippen LogP contribution < -0.4 is 26.2 Å². The van der Waals surface area contributed by atoms with Crippen molar-refractivity contribution >= 4 is 29.1 Å². The van der Waals surface area contributed by atoms with E-state index in [0.717, 1.165) is 16.8 Å². The van der Waals surface area contributed by atoms with Crippen LogP contribution in [-0.2, 0) is 14.4 Å². The fourth-order valence-corrected chi connectivity index (χ4v) is 2.82. The van der Waals surface area contributed by atoms with Crippen LogP contribution in [0.4, 0.5) is 11.4 Å². The minimum atomic E-state index is -0.958. The topological polar surface area (TPSA) is 109 Å². The number of amides is 3. The molecule has 3 amide bonds. The summed E-state index contributed by atoms with van der Waals surface area (Å²) in [6.07, 6.45) is -1.18. The second-order valence-corrected chi connectivity index (χ2v) is 6.56. The number of carbonyl (C=O) groups is 3. The molecule has 146 valence electrons.